The molecule has 2 fully saturated rings. The van der Waals surface area contributed by atoms with E-state index in [0.717, 1.165) is 32.2 Å². The SMILES string of the molecule is CC(C)N1CCC(NC(=O)C2CCC(N)C2)C1=O. The van der Waals surface area contributed by atoms with Crippen LogP contribution in [0.2, 0.25) is 0 Å². The van der Waals surface area contributed by atoms with E-state index in [-0.39, 0.29) is 35.9 Å². The normalized spacial score (nSPS) is 32.3. The van der Waals surface area contributed by atoms with E-state index in [2.05, 4.69) is 5.32 Å². The van der Waals surface area contributed by atoms with Gasteiger partial charge in [0, 0.05) is 24.5 Å². The summed E-state index contributed by atoms with van der Waals surface area (Å²) in [5.41, 5.74) is 5.80. The fourth-order valence-corrected chi connectivity index (χ4v) is 2.89. The summed E-state index contributed by atoms with van der Waals surface area (Å²) in [6, 6.07) is 0.0308. The highest BCUT2D eigenvalue weighted by Gasteiger charge is 2.36. The third-order valence-corrected chi connectivity index (χ3v) is 4.02. The highest BCUT2D eigenvalue weighted by Crippen LogP contribution is 2.25. The number of nitrogens with zero attached hydrogens (tertiary/aromatic N) is 1. The van der Waals surface area contributed by atoms with Crippen LogP contribution >= 0.6 is 0 Å². The first-order valence-corrected chi connectivity index (χ1v) is 6.85. The second-order valence-electron chi connectivity index (χ2n) is 5.75. The van der Waals surface area contributed by atoms with Gasteiger partial charge in [0.2, 0.25) is 11.8 Å². The van der Waals surface area contributed by atoms with Crippen molar-refractivity contribution in [1.29, 1.82) is 0 Å². The molecule has 0 radical (unpaired) electrons. The van der Waals surface area contributed by atoms with Gasteiger partial charge in [-0.15, -0.1) is 0 Å². The summed E-state index contributed by atoms with van der Waals surface area (Å²) in [6.45, 7) is 4.74. The van der Waals surface area contributed by atoms with Crippen molar-refractivity contribution in [3.63, 3.8) is 0 Å². The molecule has 3 N–H and O–H groups in total. The zero-order valence-corrected chi connectivity index (χ0v) is 11.2. The Kier molecular flexibility index (Phi) is 3.90. The average molecular weight is 253 g/mol. The zero-order chi connectivity index (χ0) is 13.3. The molecule has 1 heterocycles. The van der Waals surface area contributed by atoms with E-state index in [1.807, 2.05) is 18.7 Å². The molecule has 0 spiro atoms. The Balaban J connectivity index is 1.87. The third-order valence-electron chi connectivity index (χ3n) is 4.02. The number of likely N-dealkylation sites (tertiary alicyclic amines) is 1. The van der Waals surface area contributed by atoms with Crippen LogP contribution in [0.15, 0.2) is 0 Å². The molecule has 1 aliphatic carbocycles. The van der Waals surface area contributed by atoms with Gasteiger partial charge < -0.3 is 16.0 Å². The van der Waals surface area contributed by atoms with Crippen LogP contribution < -0.4 is 11.1 Å². The largest absolute Gasteiger partial charge is 0.344 e. The van der Waals surface area contributed by atoms with Gasteiger partial charge in [-0.3, -0.25) is 9.59 Å². The minimum absolute atomic E-state index is 0.000833. The molecule has 5 nitrogen and oxygen atoms in total. The molecule has 5 heteroatoms. The van der Waals surface area contributed by atoms with Gasteiger partial charge in [0.25, 0.3) is 0 Å². The van der Waals surface area contributed by atoms with Gasteiger partial charge in [-0.05, 0) is 39.5 Å². The molecular weight excluding hydrogens is 230 g/mol. The lowest BCUT2D eigenvalue weighted by Gasteiger charge is -2.21. The highest BCUT2D eigenvalue weighted by molar-refractivity contribution is 5.90. The standard InChI is InChI=1S/C13H23N3O2/c1-8(2)16-6-5-11(13(16)18)15-12(17)9-3-4-10(14)7-9/h8-11H,3-7,14H2,1-2H3,(H,15,17). The second-order valence-corrected chi connectivity index (χ2v) is 5.75. The van der Waals surface area contributed by atoms with Crippen molar-refractivity contribution in [1.82, 2.24) is 10.2 Å². The first-order valence-electron chi connectivity index (χ1n) is 6.85. The molecule has 102 valence electrons. The van der Waals surface area contributed by atoms with Gasteiger partial charge in [-0.1, -0.05) is 0 Å². The predicted octanol–water partition coefficient (Wildman–Crippen LogP) is 0.239. The van der Waals surface area contributed by atoms with Crippen molar-refractivity contribution in [2.75, 3.05) is 6.54 Å². The molecule has 18 heavy (non-hydrogen) atoms. The van der Waals surface area contributed by atoms with E-state index in [4.69, 9.17) is 5.73 Å². The Bertz CT molecular complexity index is 343. The molecule has 1 saturated carbocycles. The first kappa shape index (κ1) is 13.3. The lowest BCUT2D eigenvalue weighted by Crippen LogP contribution is -2.45. The van der Waals surface area contributed by atoms with E-state index in [1.165, 1.54) is 0 Å². The number of rotatable bonds is 3. The minimum atomic E-state index is -0.322. The maximum atomic E-state index is 12.0. The van der Waals surface area contributed by atoms with Gasteiger partial charge in [-0.2, -0.15) is 0 Å². The average Bonchev–Trinajstić information content (AvgIpc) is 2.86. The molecule has 3 atom stereocenters. The van der Waals surface area contributed by atoms with Gasteiger partial charge >= 0.3 is 0 Å². The molecule has 0 bridgehead atoms. The number of nitrogens with one attached hydrogen (secondary N) is 1. The van der Waals surface area contributed by atoms with E-state index in [9.17, 15) is 9.59 Å². The molecule has 0 aromatic rings. The quantitative estimate of drug-likeness (QED) is 0.756. The Morgan fingerprint density at radius 3 is 2.61 bits per heavy atom. The van der Waals surface area contributed by atoms with Gasteiger partial charge in [0.15, 0.2) is 0 Å². The molecule has 1 saturated heterocycles. The fourth-order valence-electron chi connectivity index (χ4n) is 2.89. The Morgan fingerprint density at radius 1 is 1.39 bits per heavy atom. The molecule has 2 amide bonds. The first-order chi connectivity index (χ1) is 8.49. The Morgan fingerprint density at radius 2 is 2.11 bits per heavy atom. The van der Waals surface area contributed by atoms with Crippen molar-refractivity contribution in [3.05, 3.63) is 0 Å². The van der Waals surface area contributed by atoms with Crippen LogP contribution in [-0.4, -0.2) is 41.4 Å². The van der Waals surface area contributed by atoms with E-state index in [1.54, 1.807) is 0 Å². The monoisotopic (exact) mass is 253 g/mol. The number of hydrogen-bond donors (Lipinski definition) is 2. The number of hydrogen-bond acceptors (Lipinski definition) is 3. The number of nitrogens with two attached hydrogens (primary N) is 1. The van der Waals surface area contributed by atoms with Crippen molar-refractivity contribution < 1.29 is 9.59 Å². The van der Waals surface area contributed by atoms with Crippen molar-refractivity contribution >= 4 is 11.8 Å². The maximum Gasteiger partial charge on any atom is 0.245 e. The Hall–Kier alpha value is -1.10. The molecular formula is C13H23N3O2. The van der Waals surface area contributed by atoms with Crippen molar-refractivity contribution in [2.45, 2.75) is 57.7 Å². The summed E-state index contributed by atoms with van der Waals surface area (Å²) in [5.74, 6) is 0.0634. The van der Waals surface area contributed by atoms with Crippen LogP contribution in [0.3, 0.4) is 0 Å². The summed E-state index contributed by atoms with van der Waals surface area (Å²) < 4.78 is 0. The van der Waals surface area contributed by atoms with E-state index in [0.29, 0.717) is 0 Å². The number of carbonyl (C=O) groups excluding carboxylic acids is 2. The summed E-state index contributed by atoms with van der Waals surface area (Å²) in [4.78, 5) is 25.9. The minimum Gasteiger partial charge on any atom is -0.344 e. The highest BCUT2D eigenvalue weighted by atomic mass is 16.2. The van der Waals surface area contributed by atoms with Crippen LogP contribution in [0.1, 0.15) is 39.5 Å². The summed E-state index contributed by atoms with van der Waals surface area (Å²) in [5, 5.41) is 2.89. The lowest BCUT2D eigenvalue weighted by molar-refractivity contribution is -0.134. The van der Waals surface area contributed by atoms with Gasteiger partial charge in [-0.25, -0.2) is 0 Å². The third kappa shape index (κ3) is 2.66. The molecule has 0 aromatic carbocycles. The zero-order valence-electron chi connectivity index (χ0n) is 11.2. The lowest BCUT2D eigenvalue weighted by atomic mass is 10.1. The summed E-state index contributed by atoms with van der Waals surface area (Å²) in [7, 11) is 0. The summed E-state index contributed by atoms with van der Waals surface area (Å²) in [6.07, 6.45) is 3.23. The molecule has 3 unspecified atom stereocenters. The summed E-state index contributed by atoms with van der Waals surface area (Å²) >= 11 is 0. The van der Waals surface area contributed by atoms with Gasteiger partial charge in [0.1, 0.15) is 6.04 Å². The van der Waals surface area contributed by atoms with E-state index < -0.39 is 0 Å². The molecule has 2 rings (SSSR count). The van der Waals surface area contributed by atoms with E-state index >= 15 is 0 Å². The molecule has 0 aromatic heterocycles. The fraction of sp³-hybridized carbons (Fsp3) is 0.846. The van der Waals surface area contributed by atoms with Crippen LogP contribution in [0, 0.1) is 5.92 Å². The predicted molar refractivity (Wildman–Crippen MR) is 68.7 cm³/mol. The van der Waals surface area contributed by atoms with Crippen LogP contribution in [-0.2, 0) is 9.59 Å². The second kappa shape index (κ2) is 5.26. The number of carbonyl (C=O) groups is 2. The van der Waals surface area contributed by atoms with Crippen LogP contribution in [0.5, 0.6) is 0 Å². The van der Waals surface area contributed by atoms with Crippen molar-refractivity contribution in [2.24, 2.45) is 11.7 Å². The Labute approximate surface area is 108 Å². The van der Waals surface area contributed by atoms with Crippen LogP contribution in [0.4, 0.5) is 0 Å². The molecule has 1 aliphatic heterocycles. The maximum absolute atomic E-state index is 12.0. The smallest absolute Gasteiger partial charge is 0.245 e. The van der Waals surface area contributed by atoms with Gasteiger partial charge in [0.05, 0.1) is 0 Å². The van der Waals surface area contributed by atoms with Crippen molar-refractivity contribution in [3.8, 4) is 0 Å². The molecule has 2 aliphatic rings. The topological polar surface area (TPSA) is 75.4 Å². The van der Waals surface area contributed by atoms with Crippen LogP contribution in [0.25, 0.3) is 0 Å². The number of amides is 2.